The summed E-state index contributed by atoms with van der Waals surface area (Å²) in [6.45, 7) is 0. The fourth-order valence-corrected chi connectivity index (χ4v) is 2.42. The summed E-state index contributed by atoms with van der Waals surface area (Å²) in [7, 11) is 0. The molecule has 1 fully saturated rings. The van der Waals surface area contributed by atoms with Gasteiger partial charge >= 0.3 is 12.2 Å². The number of benzene rings is 1. The Hall–Kier alpha value is -1.79. The third-order valence-corrected chi connectivity index (χ3v) is 3.47. The Balaban J connectivity index is 2.00. The molecule has 116 valence electrons. The van der Waals surface area contributed by atoms with Crippen LogP contribution >= 0.6 is 0 Å². The molecule has 2 amide bonds. The molecule has 1 aromatic rings. The largest absolute Gasteiger partial charge is 0.419 e. The van der Waals surface area contributed by atoms with E-state index in [1.165, 1.54) is 0 Å². The van der Waals surface area contributed by atoms with Gasteiger partial charge in [-0.25, -0.2) is 9.18 Å². The number of rotatable bonds is 2. The van der Waals surface area contributed by atoms with Crippen LogP contribution < -0.4 is 10.6 Å². The van der Waals surface area contributed by atoms with Crippen molar-refractivity contribution in [3.8, 4) is 0 Å². The zero-order chi connectivity index (χ0) is 15.5. The number of carbonyl (C=O) groups is 1. The van der Waals surface area contributed by atoms with Gasteiger partial charge in [-0.05, 0) is 31.0 Å². The molecule has 3 nitrogen and oxygen atoms in total. The Morgan fingerprint density at radius 3 is 2.43 bits per heavy atom. The Bertz CT molecular complexity index is 510. The van der Waals surface area contributed by atoms with Gasteiger partial charge in [0, 0.05) is 11.7 Å². The first kappa shape index (κ1) is 15.6. The van der Waals surface area contributed by atoms with Gasteiger partial charge in [0.25, 0.3) is 0 Å². The topological polar surface area (TPSA) is 41.1 Å². The molecule has 2 N–H and O–H groups in total. The smallest absolute Gasteiger partial charge is 0.335 e. The molecule has 0 aliphatic heterocycles. The average Bonchev–Trinajstić information content (AvgIpc) is 2.41. The van der Waals surface area contributed by atoms with Crippen molar-refractivity contribution in [1.82, 2.24) is 5.32 Å². The molecule has 1 aliphatic rings. The maximum atomic E-state index is 13.1. The van der Waals surface area contributed by atoms with Crippen LogP contribution in [0.1, 0.15) is 37.7 Å². The SMILES string of the molecule is O=C(Nc1ccc(F)c(C(F)(F)F)c1)NC1CCCCC1. The summed E-state index contributed by atoms with van der Waals surface area (Å²) in [4.78, 5) is 11.7. The van der Waals surface area contributed by atoms with Gasteiger partial charge in [0.15, 0.2) is 0 Å². The maximum absolute atomic E-state index is 13.1. The minimum Gasteiger partial charge on any atom is -0.335 e. The minimum absolute atomic E-state index is 0.0429. The van der Waals surface area contributed by atoms with Crippen LogP contribution in [0.25, 0.3) is 0 Å². The van der Waals surface area contributed by atoms with Crippen molar-refractivity contribution >= 4 is 11.7 Å². The molecule has 0 unspecified atom stereocenters. The fraction of sp³-hybridized carbons (Fsp3) is 0.500. The summed E-state index contributed by atoms with van der Waals surface area (Å²) in [5.74, 6) is -1.36. The first-order chi connectivity index (χ1) is 9.86. The summed E-state index contributed by atoms with van der Waals surface area (Å²) >= 11 is 0. The minimum atomic E-state index is -4.79. The van der Waals surface area contributed by atoms with Gasteiger partial charge in [-0.15, -0.1) is 0 Å². The molecular formula is C14H16F4N2O. The molecule has 1 saturated carbocycles. The number of alkyl halides is 3. The average molecular weight is 304 g/mol. The third kappa shape index (κ3) is 4.34. The van der Waals surface area contributed by atoms with Crippen LogP contribution in [0.5, 0.6) is 0 Å². The number of carbonyl (C=O) groups excluding carboxylic acids is 1. The Morgan fingerprint density at radius 1 is 1.14 bits per heavy atom. The number of halogens is 4. The molecule has 0 aromatic heterocycles. The molecule has 7 heteroatoms. The summed E-state index contributed by atoms with van der Waals surface area (Å²) < 4.78 is 50.8. The van der Waals surface area contributed by atoms with Crippen molar-refractivity contribution in [3.05, 3.63) is 29.6 Å². The predicted octanol–water partition coefficient (Wildman–Crippen LogP) is 4.30. The molecule has 0 saturated heterocycles. The highest BCUT2D eigenvalue weighted by Crippen LogP contribution is 2.33. The van der Waals surface area contributed by atoms with E-state index in [1.807, 2.05) is 0 Å². The lowest BCUT2D eigenvalue weighted by Crippen LogP contribution is -2.39. The van der Waals surface area contributed by atoms with E-state index in [2.05, 4.69) is 10.6 Å². The second kappa shape index (κ2) is 6.32. The van der Waals surface area contributed by atoms with Crippen LogP contribution in [0, 0.1) is 5.82 Å². The van der Waals surface area contributed by atoms with Gasteiger partial charge in [-0.3, -0.25) is 0 Å². The molecule has 1 aromatic carbocycles. The number of hydrogen-bond donors (Lipinski definition) is 2. The first-order valence-corrected chi connectivity index (χ1v) is 6.80. The van der Waals surface area contributed by atoms with Crippen molar-refractivity contribution < 1.29 is 22.4 Å². The predicted molar refractivity (Wildman–Crippen MR) is 70.4 cm³/mol. The molecule has 1 aliphatic carbocycles. The summed E-state index contributed by atoms with van der Waals surface area (Å²) in [5, 5.41) is 5.03. The molecule has 2 rings (SSSR count). The first-order valence-electron chi connectivity index (χ1n) is 6.80. The number of hydrogen-bond acceptors (Lipinski definition) is 1. The zero-order valence-electron chi connectivity index (χ0n) is 11.3. The van der Waals surface area contributed by atoms with Gasteiger partial charge < -0.3 is 10.6 Å². The molecule has 21 heavy (non-hydrogen) atoms. The van der Waals surface area contributed by atoms with E-state index < -0.39 is 23.6 Å². The van der Waals surface area contributed by atoms with Crippen molar-refractivity contribution in [2.45, 2.75) is 44.3 Å². The van der Waals surface area contributed by atoms with Gasteiger partial charge in [-0.2, -0.15) is 13.2 Å². The van der Waals surface area contributed by atoms with Crippen LogP contribution in [0.2, 0.25) is 0 Å². The number of urea groups is 1. The number of amides is 2. The number of nitrogens with one attached hydrogen (secondary N) is 2. The highest BCUT2D eigenvalue weighted by atomic mass is 19.4. The van der Waals surface area contributed by atoms with Crippen molar-refractivity contribution in [3.63, 3.8) is 0 Å². The van der Waals surface area contributed by atoms with Crippen molar-refractivity contribution in [1.29, 1.82) is 0 Å². The Kier molecular flexibility index (Phi) is 4.69. The normalized spacial score (nSPS) is 16.6. The van der Waals surface area contributed by atoms with Gasteiger partial charge in [-0.1, -0.05) is 19.3 Å². The van der Waals surface area contributed by atoms with E-state index >= 15 is 0 Å². The van der Waals surface area contributed by atoms with Gasteiger partial charge in [0.2, 0.25) is 0 Å². The lowest BCUT2D eigenvalue weighted by atomic mass is 9.96. The summed E-state index contributed by atoms with van der Waals surface area (Å²) in [6, 6.07) is 1.86. The zero-order valence-corrected chi connectivity index (χ0v) is 11.3. The molecule has 0 spiro atoms. The van der Waals surface area contributed by atoms with Crippen LogP contribution in [-0.2, 0) is 6.18 Å². The summed E-state index contributed by atoms with van der Waals surface area (Å²) in [6.07, 6.45) is 0.128. The third-order valence-electron chi connectivity index (χ3n) is 3.47. The van der Waals surface area contributed by atoms with E-state index in [0.717, 1.165) is 38.2 Å². The molecular weight excluding hydrogens is 288 g/mol. The van der Waals surface area contributed by atoms with E-state index in [4.69, 9.17) is 0 Å². The van der Waals surface area contributed by atoms with Gasteiger partial charge in [0.05, 0.1) is 5.56 Å². The van der Waals surface area contributed by atoms with E-state index in [1.54, 1.807) is 0 Å². The second-order valence-corrected chi connectivity index (χ2v) is 5.13. The van der Waals surface area contributed by atoms with E-state index in [-0.39, 0.29) is 11.7 Å². The quantitative estimate of drug-likeness (QED) is 0.786. The number of anilines is 1. The van der Waals surface area contributed by atoms with E-state index in [9.17, 15) is 22.4 Å². The van der Waals surface area contributed by atoms with Crippen molar-refractivity contribution in [2.24, 2.45) is 0 Å². The lowest BCUT2D eigenvalue weighted by Gasteiger charge is -2.23. The molecule has 0 atom stereocenters. The second-order valence-electron chi connectivity index (χ2n) is 5.13. The standard InChI is InChI=1S/C14H16F4N2O/c15-12-7-6-10(8-11(12)14(16,17)18)20-13(21)19-9-4-2-1-3-5-9/h6-9H,1-5H2,(H2,19,20,21). The molecule has 0 bridgehead atoms. The molecule has 0 heterocycles. The monoisotopic (exact) mass is 304 g/mol. The lowest BCUT2D eigenvalue weighted by molar-refractivity contribution is -0.139. The summed E-state index contributed by atoms with van der Waals surface area (Å²) in [5.41, 5.74) is -1.48. The van der Waals surface area contributed by atoms with Gasteiger partial charge in [0.1, 0.15) is 5.82 Å². The maximum Gasteiger partial charge on any atom is 0.419 e. The van der Waals surface area contributed by atoms with Crippen molar-refractivity contribution in [2.75, 3.05) is 5.32 Å². The van der Waals surface area contributed by atoms with Crippen LogP contribution in [0.15, 0.2) is 18.2 Å². The fourth-order valence-electron chi connectivity index (χ4n) is 2.42. The highest BCUT2D eigenvalue weighted by Gasteiger charge is 2.34. The van der Waals surface area contributed by atoms with E-state index in [0.29, 0.717) is 12.1 Å². The molecule has 0 radical (unpaired) electrons. The van der Waals surface area contributed by atoms with Crippen LogP contribution in [0.3, 0.4) is 0 Å². The van der Waals surface area contributed by atoms with Crippen LogP contribution in [-0.4, -0.2) is 12.1 Å². The van der Waals surface area contributed by atoms with Crippen LogP contribution in [0.4, 0.5) is 28.0 Å². The Labute approximate surface area is 119 Å². The highest BCUT2D eigenvalue weighted by molar-refractivity contribution is 5.89. The Morgan fingerprint density at radius 2 is 1.81 bits per heavy atom.